The second-order valence-electron chi connectivity index (χ2n) is 3.92. The number of hydrogen-bond donors (Lipinski definition) is 1. The molecule has 19 heavy (non-hydrogen) atoms. The normalized spacial score (nSPS) is 10.4. The summed E-state index contributed by atoms with van der Waals surface area (Å²) in [6, 6.07) is 7.31. The van der Waals surface area contributed by atoms with E-state index in [2.05, 4.69) is 25.4 Å². The first kappa shape index (κ1) is 11.3. The predicted molar refractivity (Wildman–Crippen MR) is 68.7 cm³/mol. The van der Waals surface area contributed by atoms with Gasteiger partial charge in [-0.1, -0.05) is 0 Å². The van der Waals surface area contributed by atoms with E-state index in [1.165, 1.54) is 0 Å². The molecule has 0 atom stereocenters. The van der Waals surface area contributed by atoms with Gasteiger partial charge in [-0.15, -0.1) is 0 Å². The molecule has 3 heterocycles. The Labute approximate surface area is 109 Å². The van der Waals surface area contributed by atoms with Crippen LogP contribution in [0.1, 0.15) is 5.69 Å². The molecule has 94 valence electrons. The van der Waals surface area contributed by atoms with Crippen molar-refractivity contribution < 1.29 is 4.74 Å². The lowest BCUT2D eigenvalue weighted by molar-refractivity contribution is 0.475. The Morgan fingerprint density at radius 3 is 2.84 bits per heavy atom. The number of nitrogens with one attached hydrogen (secondary N) is 1. The van der Waals surface area contributed by atoms with E-state index in [-0.39, 0.29) is 0 Å². The SMILES string of the molecule is Cc1ncccc1Oc1ccnc(-c2cn[nH]n2)c1. The van der Waals surface area contributed by atoms with Gasteiger partial charge in [0, 0.05) is 18.5 Å². The van der Waals surface area contributed by atoms with Crippen molar-refractivity contribution in [2.45, 2.75) is 6.92 Å². The standard InChI is InChI=1S/C13H11N5O/c1-9-13(3-2-5-14-9)19-10-4-6-15-11(7-10)12-8-16-18-17-12/h2-8H,1H3,(H,16,17,18). The van der Waals surface area contributed by atoms with Gasteiger partial charge in [-0.05, 0) is 25.1 Å². The number of ether oxygens (including phenoxy) is 1. The quantitative estimate of drug-likeness (QED) is 0.775. The Morgan fingerprint density at radius 2 is 2.05 bits per heavy atom. The molecule has 3 aromatic heterocycles. The summed E-state index contributed by atoms with van der Waals surface area (Å²) < 4.78 is 5.79. The zero-order valence-corrected chi connectivity index (χ0v) is 10.2. The van der Waals surface area contributed by atoms with E-state index in [1.54, 1.807) is 24.7 Å². The molecule has 0 aliphatic carbocycles. The number of nitrogens with zero attached hydrogens (tertiary/aromatic N) is 4. The molecule has 0 radical (unpaired) electrons. The Hall–Kier alpha value is -2.76. The summed E-state index contributed by atoms with van der Waals surface area (Å²) in [5.74, 6) is 1.41. The Bertz CT molecular complexity index is 681. The van der Waals surface area contributed by atoms with E-state index >= 15 is 0 Å². The lowest BCUT2D eigenvalue weighted by Gasteiger charge is -2.07. The van der Waals surface area contributed by atoms with Crippen LogP contribution in [0.2, 0.25) is 0 Å². The van der Waals surface area contributed by atoms with Crippen LogP contribution < -0.4 is 4.74 Å². The number of H-pyrrole nitrogens is 1. The van der Waals surface area contributed by atoms with E-state index in [1.807, 2.05) is 25.1 Å². The molecule has 1 N–H and O–H groups in total. The smallest absolute Gasteiger partial charge is 0.148 e. The van der Waals surface area contributed by atoms with Crippen LogP contribution in [0, 0.1) is 6.92 Å². The van der Waals surface area contributed by atoms with Gasteiger partial charge in [0.15, 0.2) is 0 Å². The third-order valence-corrected chi connectivity index (χ3v) is 2.60. The monoisotopic (exact) mass is 253 g/mol. The third kappa shape index (κ3) is 2.42. The van der Waals surface area contributed by atoms with Crippen LogP contribution in [0.25, 0.3) is 11.4 Å². The first-order valence-electron chi connectivity index (χ1n) is 5.74. The van der Waals surface area contributed by atoms with E-state index in [0.717, 1.165) is 11.4 Å². The lowest BCUT2D eigenvalue weighted by Crippen LogP contribution is -1.91. The van der Waals surface area contributed by atoms with Crippen molar-refractivity contribution in [2.75, 3.05) is 0 Å². The van der Waals surface area contributed by atoms with Gasteiger partial charge in [0.1, 0.15) is 17.2 Å². The molecular formula is C13H11N5O. The maximum Gasteiger partial charge on any atom is 0.148 e. The maximum atomic E-state index is 5.79. The molecule has 0 aliphatic heterocycles. The summed E-state index contributed by atoms with van der Waals surface area (Å²) >= 11 is 0. The maximum absolute atomic E-state index is 5.79. The highest BCUT2D eigenvalue weighted by Crippen LogP contribution is 2.25. The van der Waals surface area contributed by atoms with Gasteiger partial charge >= 0.3 is 0 Å². The minimum absolute atomic E-state index is 0.674. The number of hydrogen-bond acceptors (Lipinski definition) is 5. The topological polar surface area (TPSA) is 76.6 Å². The third-order valence-electron chi connectivity index (χ3n) is 2.60. The predicted octanol–water partition coefficient (Wildman–Crippen LogP) is 2.36. The van der Waals surface area contributed by atoms with Crippen molar-refractivity contribution in [3.05, 3.63) is 48.5 Å². The second-order valence-corrected chi connectivity index (χ2v) is 3.92. The first-order valence-corrected chi connectivity index (χ1v) is 5.74. The average molecular weight is 253 g/mol. The molecule has 3 rings (SSSR count). The van der Waals surface area contributed by atoms with Crippen LogP contribution in [0.4, 0.5) is 0 Å². The van der Waals surface area contributed by atoms with Crippen molar-refractivity contribution in [3.8, 4) is 22.9 Å². The minimum Gasteiger partial charge on any atom is -0.455 e. The number of aromatic amines is 1. The van der Waals surface area contributed by atoms with Crippen LogP contribution in [-0.2, 0) is 0 Å². The van der Waals surface area contributed by atoms with Crippen molar-refractivity contribution in [3.63, 3.8) is 0 Å². The average Bonchev–Trinajstić information content (AvgIpc) is 2.96. The number of pyridine rings is 2. The molecule has 3 aromatic rings. The Kier molecular flexibility index (Phi) is 2.89. The molecule has 6 heteroatoms. The number of rotatable bonds is 3. The van der Waals surface area contributed by atoms with E-state index in [9.17, 15) is 0 Å². The fourth-order valence-corrected chi connectivity index (χ4v) is 1.64. The molecule has 0 amide bonds. The van der Waals surface area contributed by atoms with Crippen molar-refractivity contribution in [1.29, 1.82) is 0 Å². The fraction of sp³-hybridized carbons (Fsp3) is 0.0769. The van der Waals surface area contributed by atoms with Gasteiger partial charge in [0.2, 0.25) is 0 Å². The van der Waals surface area contributed by atoms with E-state index < -0.39 is 0 Å². The molecule has 0 saturated heterocycles. The van der Waals surface area contributed by atoms with Crippen molar-refractivity contribution in [2.24, 2.45) is 0 Å². The van der Waals surface area contributed by atoms with Gasteiger partial charge in [-0.2, -0.15) is 15.4 Å². The van der Waals surface area contributed by atoms with Gasteiger partial charge in [0.05, 0.1) is 17.6 Å². The lowest BCUT2D eigenvalue weighted by atomic mass is 10.3. The highest BCUT2D eigenvalue weighted by atomic mass is 16.5. The van der Waals surface area contributed by atoms with Gasteiger partial charge in [-0.3, -0.25) is 9.97 Å². The molecule has 0 aliphatic rings. The van der Waals surface area contributed by atoms with Crippen molar-refractivity contribution in [1.82, 2.24) is 25.4 Å². The zero-order chi connectivity index (χ0) is 13.1. The first-order chi connectivity index (χ1) is 9.33. The van der Waals surface area contributed by atoms with Crippen molar-refractivity contribution >= 4 is 0 Å². The Balaban J connectivity index is 1.90. The summed E-state index contributed by atoms with van der Waals surface area (Å²) in [7, 11) is 0. The van der Waals surface area contributed by atoms with Gasteiger partial charge in [0.25, 0.3) is 0 Å². The second kappa shape index (κ2) is 4.85. The summed E-state index contributed by atoms with van der Waals surface area (Å²) in [5.41, 5.74) is 2.21. The number of aromatic nitrogens is 5. The van der Waals surface area contributed by atoms with Gasteiger partial charge in [-0.25, -0.2) is 0 Å². The molecular weight excluding hydrogens is 242 g/mol. The summed E-state index contributed by atoms with van der Waals surface area (Å²) in [6.45, 7) is 1.90. The molecule has 0 unspecified atom stereocenters. The summed E-state index contributed by atoms with van der Waals surface area (Å²) in [4.78, 5) is 8.41. The summed E-state index contributed by atoms with van der Waals surface area (Å²) in [5, 5.41) is 10.3. The van der Waals surface area contributed by atoms with Gasteiger partial charge < -0.3 is 4.74 Å². The fourth-order valence-electron chi connectivity index (χ4n) is 1.64. The number of aryl methyl sites for hydroxylation is 1. The van der Waals surface area contributed by atoms with E-state index in [4.69, 9.17) is 4.74 Å². The van der Waals surface area contributed by atoms with Crippen LogP contribution in [-0.4, -0.2) is 25.4 Å². The Morgan fingerprint density at radius 1 is 1.11 bits per heavy atom. The molecule has 0 fully saturated rings. The highest BCUT2D eigenvalue weighted by molar-refractivity contribution is 5.54. The largest absolute Gasteiger partial charge is 0.455 e. The van der Waals surface area contributed by atoms with Crippen LogP contribution in [0.5, 0.6) is 11.5 Å². The zero-order valence-electron chi connectivity index (χ0n) is 10.2. The van der Waals surface area contributed by atoms with Crippen LogP contribution in [0.15, 0.2) is 42.9 Å². The molecule has 0 bridgehead atoms. The highest BCUT2D eigenvalue weighted by Gasteiger charge is 2.06. The van der Waals surface area contributed by atoms with E-state index in [0.29, 0.717) is 17.1 Å². The molecule has 0 saturated carbocycles. The summed E-state index contributed by atoms with van der Waals surface area (Å²) in [6.07, 6.45) is 5.02. The molecule has 0 spiro atoms. The minimum atomic E-state index is 0.674. The van der Waals surface area contributed by atoms with Crippen LogP contribution >= 0.6 is 0 Å². The molecule has 6 nitrogen and oxygen atoms in total. The van der Waals surface area contributed by atoms with Crippen LogP contribution in [0.3, 0.4) is 0 Å². The molecule has 0 aromatic carbocycles.